The van der Waals surface area contributed by atoms with Crippen molar-refractivity contribution in [1.29, 1.82) is 0 Å². The number of piperidine rings is 1. The van der Waals surface area contributed by atoms with Gasteiger partial charge in [-0.15, -0.1) is 0 Å². The molecule has 0 spiro atoms. The van der Waals surface area contributed by atoms with Gasteiger partial charge in [-0.25, -0.2) is 0 Å². The Balaban J connectivity index is 1.43. The summed E-state index contributed by atoms with van der Waals surface area (Å²) in [7, 11) is 0. The Morgan fingerprint density at radius 2 is 1.54 bits per heavy atom. The molecule has 4 fully saturated rings. The molecule has 0 amide bonds. The van der Waals surface area contributed by atoms with Crippen LogP contribution < -0.4 is 11.1 Å². The Kier molecular flexibility index (Phi) is 13.2. The van der Waals surface area contributed by atoms with E-state index in [4.69, 9.17) is 19.9 Å². The van der Waals surface area contributed by atoms with Gasteiger partial charge in [0.05, 0.1) is 24.5 Å². The molecule has 4 N–H and O–H groups in total. The predicted octanol–water partition coefficient (Wildman–Crippen LogP) is 5.38. The van der Waals surface area contributed by atoms with Crippen LogP contribution in [-0.4, -0.2) is 60.3 Å². The zero-order valence-corrected chi connectivity index (χ0v) is 25.8. The van der Waals surface area contributed by atoms with E-state index in [0.29, 0.717) is 30.1 Å². The van der Waals surface area contributed by atoms with Crippen molar-refractivity contribution in [2.24, 2.45) is 29.4 Å². The van der Waals surface area contributed by atoms with E-state index in [2.05, 4.69) is 5.32 Å². The largest absolute Gasteiger partial charge is 0.462 e. The number of nitrogens with two attached hydrogens (primary N) is 1. The summed E-state index contributed by atoms with van der Waals surface area (Å²) in [5.74, 6) is 1.22. The highest BCUT2D eigenvalue weighted by Gasteiger charge is 2.42. The summed E-state index contributed by atoms with van der Waals surface area (Å²) in [5.41, 5.74) is 6.31. The SMILES string of the molecule is CC(=O)OC(CCC1CC(OC2CCCCC2)C(O)CC1C1CCNC(N)C1)CC(CC1CCCCC1)OC(C)=O. The lowest BCUT2D eigenvalue weighted by Crippen LogP contribution is -2.50. The van der Waals surface area contributed by atoms with Gasteiger partial charge in [-0.05, 0) is 88.0 Å². The predicted molar refractivity (Wildman–Crippen MR) is 159 cm³/mol. The van der Waals surface area contributed by atoms with Gasteiger partial charge in [0.1, 0.15) is 12.2 Å². The van der Waals surface area contributed by atoms with Crippen LogP contribution in [0.25, 0.3) is 0 Å². The smallest absolute Gasteiger partial charge is 0.302 e. The Hall–Kier alpha value is -1.22. The molecule has 0 aromatic carbocycles. The molecule has 41 heavy (non-hydrogen) atoms. The van der Waals surface area contributed by atoms with Crippen molar-refractivity contribution in [3.63, 3.8) is 0 Å². The minimum Gasteiger partial charge on any atom is -0.462 e. The molecular formula is C33H58N2O6. The number of aliphatic hydroxyl groups excluding tert-OH is 1. The van der Waals surface area contributed by atoms with Crippen LogP contribution in [0.4, 0.5) is 0 Å². The van der Waals surface area contributed by atoms with Crippen molar-refractivity contribution in [2.75, 3.05) is 6.54 Å². The van der Waals surface area contributed by atoms with Crippen molar-refractivity contribution >= 4 is 11.9 Å². The van der Waals surface area contributed by atoms with E-state index in [1.807, 2.05) is 0 Å². The number of hydrogen-bond acceptors (Lipinski definition) is 8. The first kappa shape index (κ1) is 32.7. The number of esters is 2. The van der Waals surface area contributed by atoms with Crippen LogP contribution in [0.1, 0.15) is 129 Å². The number of ether oxygens (including phenoxy) is 3. The molecule has 3 aliphatic carbocycles. The van der Waals surface area contributed by atoms with E-state index in [0.717, 1.165) is 64.3 Å². The molecule has 3 saturated carbocycles. The summed E-state index contributed by atoms with van der Waals surface area (Å²) in [6.07, 6.45) is 17.8. The molecule has 8 nitrogen and oxygen atoms in total. The highest BCUT2D eigenvalue weighted by atomic mass is 16.6. The molecule has 0 aromatic heterocycles. The fraction of sp³-hybridized carbons (Fsp3) is 0.939. The second kappa shape index (κ2) is 16.6. The Morgan fingerprint density at radius 3 is 2.20 bits per heavy atom. The third kappa shape index (κ3) is 10.8. The van der Waals surface area contributed by atoms with Crippen LogP contribution in [0, 0.1) is 23.7 Å². The third-order valence-corrected chi connectivity index (χ3v) is 10.5. The van der Waals surface area contributed by atoms with Crippen molar-refractivity contribution in [2.45, 2.75) is 166 Å². The summed E-state index contributed by atoms with van der Waals surface area (Å²) in [5, 5.41) is 14.6. The van der Waals surface area contributed by atoms with Crippen molar-refractivity contribution in [1.82, 2.24) is 5.32 Å². The summed E-state index contributed by atoms with van der Waals surface area (Å²) in [4.78, 5) is 24.2. The Morgan fingerprint density at radius 1 is 0.878 bits per heavy atom. The van der Waals surface area contributed by atoms with Crippen LogP contribution in [0.2, 0.25) is 0 Å². The maximum absolute atomic E-state index is 12.2. The van der Waals surface area contributed by atoms with E-state index >= 15 is 0 Å². The summed E-state index contributed by atoms with van der Waals surface area (Å²) < 4.78 is 18.2. The van der Waals surface area contributed by atoms with E-state index in [1.54, 1.807) is 0 Å². The van der Waals surface area contributed by atoms with Gasteiger partial charge in [-0.2, -0.15) is 0 Å². The second-order valence-corrected chi connectivity index (χ2v) is 13.8. The standard InChI is InChI=1S/C33H58N2O6/c1-22(36)39-28(20-29(40-23(2)37)17-24-9-5-3-6-10-24)14-13-25-18-32(41-27-11-7-4-8-12-27)31(38)21-30(25)26-15-16-35-33(34)19-26/h24-33,35,38H,3-21,34H2,1-2H3. The van der Waals surface area contributed by atoms with E-state index in [-0.39, 0.29) is 42.5 Å². The van der Waals surface area contributed by atoms with Gasteiger partial charge in [0, 0.05) is 20.3 Å². The molecule has 4 rings (SSSR count). The Labute approximate surface area is 248 Å². The van der Waals surface area contributed by atoms with Gasteiger partial charge >= 0.3 is 11.9 Å². The fourth-order valence-electron chi connectivity index (χ4n) is 8.50. The minimum atomic E-state index is -0.447. The number of carbonyl (C=O) groups excluding carboxylic acids is 2. The highest BCUT2D eigenvalue weighted by molar-refractivity contribution is 5.66. The molecule has 4 aliphatic rings. The van der Waals surface area contributed by atoms with E-state index in [1.165, 1.54) is 65.2 Å². The first-order chi connectivity index (χ1) is 19.8. The number of carbonyl (C=O) groups is 2. The van der Waals surface area contributed by atoms with Crippen molar-refractivity contribution < 1.29 is 28.9 Å². The zero-order valence-electron chi connectivity index (χ0n) is 25.8. The van der Waals surface area contributed by atoms with Crippen molar-refractivity contribution in [3.05, 3.63) is 0 Å². The van der Waals surface area contributed by atoms with Gasteiger partial charge in [0.25, 0.3) is 0 Å². The molecule has 8 atom stereocenters. The lowest BCUT2D eigenvalue weighted by molar-refractivity contribution is -0.154. The van der Waals surface area contributed by atoms with Gasteiger partial charge < -0.3 is 30.4 Å². The van der Waals surface area contributed by atoms with Crippen LogP contribution >= 0.6 is 0 Å². The maximum atomic E-state index is 12.2. The third-order valence-electron chi connectivity index (χ3n) is 10.5. The van der Waals surface area contributed by atoms with Gasteiger partial charge in [0.2, 0.25) is 0 Å². The van der Waals surface area contributed by atoms with Crippen LogP contribution in [0.3, 0.4) is 0 Å². The van der Waals surface area contributed by atoms with Crippen molar-refractivity contribution in [3.8, 4) is 0 Å². The van der Waals surface area contributed by atoms with Crippen LogP contribution in [0.15, 0.2) is 0 Å². The Bertz CT molecular complexity index is 799. The second-order valence-electron chi connectivity index (χ2n) is 13.8. The topological polar surface area (TPSA) is 120 Å². The molecule has 1 heterocycles. The van der Waals surface area contributed by atoms with Gasteiger partial charge in [0.15, 0.2) is 0 Å². The lowest BCUT2D eigenvalue weighted by Gasteiger charge is -2.46. The summed E-state index contributed by atoms with van der Waals surface area (Å²) in [6, 6.07) is 0. The molecule has 1 saturated heterocycles. The molecule has 1 aliphatic heterocycles. The van der Waals surface area contributed by atoms with Crippen LogP contribution in [0.5, 0.6) is 0 Å². The van der Waals surface area contributed by atoms with Gasteiger partial charge in [-0.3, -0.25) is 9.59 Å². The number of nitrogens with one attached hydrogen (secondary N) is 1. The molecule has 236 valence electrons. The van der Waals surface area contributed by atoms with E-state index in [9.17, 15) is 14.7 Å². The quantitative estimate of drug-likeness (QED) is 0.264. The normalized spacial score (nSPS) is 33.6. The first-order valence-corrected chi connectivity index (χ1v) is 16.9. The average molecular weight is 579 g/mol. The average Bonchev–Trinajstić information content (AvgIpc) is 2.93. The number of hydrogen-bond donors (Lipinski definition) is 3. The summed E-state index contributed by atoms with van der Waals surface area (Å²) >= 11 is 0. The number of rotatable bonds is 12. The maximum Gasteiger partial charge on any atom is 0.302 e. The molecule has 0 radical (unpaired) electrons. The monoisotopic (exact) mass is 578 g/mol. The first-order valence-electron chi connectivity index (χ1n) is 16.9. The minimum absolute atomic E-state index is 0.000764. The fourth-order valence-corrected chi connectivity index (χ4v) is 8.50. The molecule has 0 bridgehead atoms. The molecule has 0 aromatic rings. The van der Waals surface area contributed by atoms with E-state index < -0.39 is 6.10 Å². The molecule has 8 unspecified atom stereocenters. The number of aliphatic hydroxyl groups is 1. The molecule has 8 heteroatoms. The molecular weight excluding hydrogens is 520 g/mol. The lowest BCUT2D eigenvalue weighted by atomic mass is 9.66. The van der Waals surface area contributed by atoms with Crippen LogP contribution in [-0.2, 0) is 23.8 Å². The highest BCUT2D eigenvalue weighted by Crippen LogP contribution is 2.44. The zero-order chi connectivity index (χ0) is 29.2. The summed E-state index contributed by atoms with van der Waals surface area (Å²) in [6.45, 7) is 3.86. The van der Waals surface area contributed by atoms with Gasteiger partial charge in [-0.1, -0.05) is 51.4 Å².